The molecule has 0 atom stereocenters. The van der Waals surface area contributed by atoms with Crippen LogP contribution in [-0.2, 0) is 11.2 Å². The van der Waals surface area contributed by atoms with E-state index in [0.29, 0.717) is 5.69 Å². The van der Waals surface area contributed by atoms with E-state index in [1.165, 1.54) is 0 Å². The summed E-state index contributed by atoms with van der Waals surface area (Å²) in [5.74, 6) is -0.857. The van der Waals surface area contributed by atoms with Gasteiger partial charge in [-0.05, 0) is 18.6 Å². The van der Waals surface area contributed by atoms with Gasteiger partial charge in [-0.2, -0.15) is 0 Å². The first-order valence-corrected chi connectivity index (χ1v) is 5.40. The quantitative estimate of drug-likeness (QED) is 0.877. The Labute approximate surface area is 99.8 Å². The average Bonchev–Trinajstić information content (AvgIpc) is 2.29. The minimum Gasteiger partial charge on any atom is -0.481 e. The summed E-state index contributed by atoms with van der Waals surface area (Å²) in [6, 6.07) is 13.6. The molecule has 0 aliphatic carbocycles. The molecule has 86 valence electrons. The maximum absolute atomic E-state index is 10.6. The van der Waals surface area contributed by atoms with E-state index in [-0.39, 0.29) is 6.42 Å². The van der Waals surface area contributed by atoms with E-state index < -0.39 is 5.97 Å². The van der Waals surface area contributed by atoms with Crippen molar-refractivity contribution in [2.75, 3.05) is 0 Å². The molecular weight excluding hydrogens is 214 g/mol. The standard InChI is InChI=1S/C14H13NO2/c1-10-13(11-5-3-2-4-6-11)8-7-12(15-10)9-14(16)17/h2-8H,9H2,1H3,(H,16,17). The molecule has 0 bridgehead atoms. The topological polar surface area (TPSA) is 50.2 Å². The predicted octanol–water partition coefficient (Wildman–Crippen LogP) is 2.68. The van der Waals surface area contributed by atoms with Crippen LogP contribution in [0.5, 0.6) is 0 Å². The van der Waals surface area contributed by atoms with Crippen LogP contribution in [0.2, 0.25) is 0 Å². The smallest absolute Gasteiger partial charge is 0.309 e. The van der Waals surface area contributed by atoms with Crippen LogP contribution in [0.4, 0.5) is 0 Å². The third-order valence-electron chi connectivity index (χ3n) is 2.56. The van der Waals surface area contributed by atoms with Crippen LogP contribution in [0, 0.1) is 6.92 Å². The van der Waals surface area contributed by atoms with Gasteiger partial charge in [0.1, 0.15) is 0 Å². The molecule has 1 aromatic carbocycles. The summed E-state index contributed by atoms with van der Waals surface area (Å²) < 4.78 is 0. The Morgan fingerprint density at radius 3 is 2.47 bits per heavy atom. The van der Waals surface area contributed by atoms with Crippen molar-refractivity contribution in [2.45, 2.75) is 13.3 Å². The van der Waals surface area contributed by atoms with Gasteiger partial charge in [-0.1, -0.05) is 36.4 Å². The largest absolute Gasteiger partial charge is 0.481 e. The molecule has 0 radical (unpaired) electrons. The van der Waals surface area contributed by atoms with Gasteiger partial charge in [-0.3, -0.25) is 9.78 Å². The molecule has 0 saturated carbocycles. The van der Waals surface area contributed by atoms with Crippen LogP contribution in [0.25, 0.3) is 11.1 Å². The highest BCUT2D eigenvalue weighted by Crippen LogP contribution is 2.21. The molecule has 1 heterocycles. The third kappa shape index (κ3) is 2.69. The number of hydrogen-bond donors (Lipinski definition) is 1. The molecule has 2 aromatic rings. The number of carbonyl (C=O) groups is 1. The van der Waals surface area contributed by atoms with Crippen molar-refractivity contribution in [2.24, 2.45) is 0 Å². The number of hydrogen-bond acceptors (Lipinski definition) is 2. The number of aromatic nitrogens is 1. The Bertz CT molecular complexity index is 535. The van der Waals surface area contributed by atoms with Gasteiger partial charge in [0.2, 0.25) is 0 Å². The van der Waals surface area contributed by atoms with Gasteiger partial charge in [0.15, 0.2) is 0 Å². The Morgan fingerprint density at radius 2 is 1.88 bits per heavy atom. The fraction of sp³-hybridized carbons (Fsp3) is 0.143. The van der Waals surface area contributed by atoms with E-state index in [4.69, 9.17) is 5.11 Å². The van der Waals surface area contributed by atoms with Crippen LogP contribution in [0.15, 0.2) is 42.5 Å². The highest BCUT2D eigenvalue weighted by molar-refractivity contribution is 5.70. The Kier molecular flexibility index (Phi) is 3.19. The van der Waals surface area contributed by atoms with E-state index in [9.17, 15) is 4.79 Å². The first-order valence-electron chi connectivity index (χ1n) is 5.40. The number of nitrogens with zero attached hydrogens (tertiary/aromatic N) is 1. The van der Waals surface area contributed by atoms with Crippen molar-refractivity contribution in [1.29, 1.82) is 0 Å². The lowest BCUT2D eigenvalue weighted by atomic mass is 10.0. The van der Waals surface area contributed by atoms with E-state index in [1.807, 2.05) is 43.3 Å². The molecule has 0 aliphatic rings. The summed E-state index contributed by atoms with van der Waals surface area (Å²) in [4.78, 5) is 14.9. The van der Waals surface area contributed by atoms with Crippen molar-refractivity contribution in [1.82, 2.24) is 4.98 Å². The molecule has 3 nitrogen and oxygen atoms in total. The Hall–Kier alpha value is -2.16. The SMILES string of the molecule is Cc1nc(CC(=O)O)ccc1-c1ccccc1. The monoisotopic (exact) mass is 227 g/mol. The van der Waals surface area contributed by atoms with E-state index in [1.54, 1.807) is 6.07 Å². The maximum atomic E-state index is 10.6. The van der Waals surface area contributed by atoms with Gasteiger partial charge in [-0.15, -0.1) is 0 Å². The minimum atomic E-state index is -0.857. The van der Waals surface area contributed by atoms with Gasteiger partial charge in [0.05, 0.1) is 12.1 Å². The molecule has 0 unspecified atom stereocenters. The maximum Gasteiger partial charge on any atom is 0.309 e. The molecular formula is C14H13NO2. The molecule has 3 heteroatoms. The average molecular weight is 227 g/mol. The highest BCUT2D eigenvalue weighted by atomic mass is 16.4. The summed E-state index contributed by atoms with van der Waals surface area (Å²) in [5, 5.41) is 8.70. The molecule has 0 spiro atoms. The van der Waals surface area contributed by atoms with E-state index >= 15 is 0 Å². The zero-order chi connectivity index (χ0) is 12.3. The van der Waals surface area contributed by atoms with Gasteiger partial charge in [-0.25, -0.2) is 0 Å². The second-order valence-corrected chi connectivity index (χ2v) is 3.87. The molecule has 0 aliphatic heterocycles. The number of aliphatic carboxylic acids is 1. The summed E-state index contributed by atoms with van der Waals surface area (Å²) >= 11 is 0. The number of benzene rings is 1. The fourth-order valence-corrected chi connectivity index (χ4v) is 1.79. The summed E-state index contributed by atoms with van der Waals surface area (Å²) in [5.41, 5.74) is 3.59. The van der Waals surface area contributed by atoms with Crippen LogP contribution in [0.3, 0.4) is 0 Å². The first kappa shape index (κ1) is 11.3. The normalized spacial score (nSPS) is 10.2. The van der Waals surface area contributed by atoms with Gasteiger partial charge >= 0.3 is 5.97 Å². The second-order valence-electron chi connectivity index (χ2n) is 3.87. The molecule has 1 aromatic heterocycles. The fourth-order valence-electron chi connectivity index (χ4n) is 1.79. The molecule has 0 amide bonds. The van der Waals surface area contributed by atoms with Crippen molar-refractivity contribution < 1.29 is 9.90 Å². The zero-order valence-electron chi connectivity index (χ0n) is 9.55. The molecule has 2 rings (SSSR count). The van der Waals surface area contributed by atoms with Crippen molar-refractivity contribution in [3.63, 3.8) is 0 Å². The van der Waals surface area contributed by atoms with Crippen LogP contribution >= 0.6 is 0 Å². The Balaban J connectivity index is 2.35. The molecule has 0 fully saturated rings. The van der Waals surface area contributed by atoms with Crippen LogP contribution in [0.1, 0.15) is 11.4 Å². The summed E-state index contributed by atoms with van der Waals surface area (Å²) in [6.45, 7) is 1.90. The summed E-state index contributed by atoms with van der Waals surface area (Å²) in [7, 11) is 0. The lowest BCUT2D eigenvalue weighted by Crippen LogP contribution is -2.03. The lowest BCUT2D eigenvalue weighted by Gasteiger charge is -2.06. The zero-order valence-corrected chi connectivity index (χ0v) is 9.55. The predicted molar refractivity (Wildman–Crippen MR) is 65.7 cm³/mol. The molecule has 1 N–H and O–H groups in total. The molecule has 0 saturated heterocycles. The highest BCUT2D eigenvalue weighted by Gasteiger charge is 2.06. The van der Waals surface area contributed by atoms with Gasteiger partial charge < -0.3 is 5.11 Å². The van der Waals surface area contributed by atoms with Crippen LogP contribution < -0.4 is 0 Å². The van der Waals surface area contributed by atoms with Gasteiger partial charge in [0, 0.05) is 11.3 Å². The Morgan fingerprint density at radius 1 is 1.18 bits per heavy atom. The number of aryl methyl sites for hydroxylation is 1. The van der Waals surface area contributed by atoms with Crippen molar-refractivity contribution in [3.05, 3.63) is 53.9 Å². The first-order chi connectivity index (χ1) is 8.16. The number of pyridine rings is 1. The number of carboxylic acids is 1. The number of carboxylic acid groups (broad SMARTS) is 1. The van der Waals surface area contributed by atoms with E-state index in [0.717, 1.165) is 16.8 Å². The van der Waals surface area contributed by atoms with Crippen molar-refractivity contribution in [3.8, 4) is 11.1 Å². The second kappa shape index (κ2) is 4.78. The molecule has 17 heavy (non-hydrogen) atoms. The lowest BCUT2D eigenvalue weighted by molar-refractivity contribution is -0.136. The van der Waals surface area contributed by atoms with Gasteiger partial charge in [0.25, 0.3) is 0 Å². The third-order valence-corrected chi connectivity index (χ3v) is 2.56. The minimum absolute atomic E-state index is 0.0318. The van der Waals surface area contributed by atoms with Crippen LogP contribution in [-0.4, -0.2) is 16.1 Å². The van der Waals surface area contributed by atoms with E-state index in [2.05, 4.69) is 4.98 Å². The summed E-state index contributed by atoms with van der Waals surface area (Å²) in [6.07, 6.45) is -0.0318. The number of rotatable bonds is 3. The van der Waals surface area contributed by atoms with Crippen molar-refractivity contribution >= 4 is 5.97 Å².